The minimum atomic E-state index is -1.91. The van der Waals surface area contributed by atoms with Crippen LogP contribution >= 0.6 is 69.6 Å². The Morgan fingerprint density at radius 2 is 1.27 bits per heavy atom. The first-order valence-electron chi connectivity index (χ1n) is 7.08. The summed E-state index contributed by atoms with van der Waals surface area (Å²) in [6.45, 7) is 0. The van der Waals surface area contributed by atoms with E-state index >= 15 is 0 Å². The molecule has 0 amide bonds. The molecular formula is C16H9Cl6N3O. The lowest BCUT2D eigenvalue weighted by atomic mass is 10.0. The molecule has 0 N–H and O–H groups in total. The van der Waals surface area contributed by atoms with E-state index in [0.717, 1.165) is 10.8 Å². The van der Waals surface area contributed by atoms with Crippen LogP contribution in [0.3, 0.4) is 0 Å². The first-order chi connectivity index (χ1) is 12.1. The van der Waals surface area contributed by atoms with Gasteiger partial charge in [0.15, 0.2) is 17.5 Å². The van der Waals surface area contributed by atoms with Gasteiger partial charge in [-0.1, -0.05) is 93.9 Å². The summed E-state index contributed by atoms with van der Waals surface area (Å²) in [6, 6.07) is 11.1. The van der Waals surface area contributed by atoms with Crippen LogP contribution in [-0.4, -0.2) is 22.1 Å². The lowest BCUT2D eigenvalue weighted by Gasteiger charge is -2.16. The highest BCUT2D eigenvalue weighted by Crippen LogP contribution is 2.41. The summed E-state index contributed by atoms with van der Waals surface area (Å²) in [7, 11) is 1.59. The van der Waals surface area contributed by atoms with Crippen LogP contribution in [0.4, 0.5) is 0 Å². The third-order valence-corrected chi connectivity index (χ3v) is 4.50. The number of methoxy groups -OCH3 is 1. The number of benzene rings is 2. The molecule has 1 aromatic heterocycles. The Labute approximate surface area is 179 Å². The van der Waals surface area contributed by atoms with Gasteiger partial charge in [0.2, 0.25) is 7.59 Å². The molecule has 0 bridgehead atoms. The van der Waals surface area contributed by atoms with Gasteiger partial charge in [-0.25, -0.2) is 15.0 Å². The number of hydrogen-bond donors (Lipinski definition) is 0. The lowest BCUT2D eigenvalue weighted by molar-refractivity contribution is 0.420. The van der Waals surface area contributed by atoms with E-state index in [1.807, 2.05) is 24.3 Å². The van der Waals surface area contributed by atoms with Crippen LogP contribution < -0.4 is 4.74 Å². The van der Waals surface area contributed by atoms with Gasteiger partial charge in [-0.3, -0.25) is 0 Å². The summed E-state index contributed by atoms with van der Waals surface area (Å²) in [5, 5.41) is 1.68. The van der Waals surface area contributed by atoms with Crippen molar-refractivity contribution in [1.82, 2.24) is 15.0 Å². The molecule has 0 aliphatic rings. The largest absolute Gasteiger partial charge is 0.496 e. The number of rotatable bonds is 2. The lowest BCUT2D eigenvalue weighted by Crippen LogP contribution is -2.16. The highest BCUT2D eigenvalue weighted by Gasteiger charge is 2.34. The quantitative estimate of drug-likeness (QED) is 0.408. The SMILES string of the molecule is COc1ccc(-c2nc(C(Cl)(Cl)Cl)nc(C(Cl)(Cl)Cl)n2)c2ccccc12. The summed E-state index contributed by atoms with van der Waals surface area (Å²) >= 11 is 35.6. The Hall–Kier alpha value is -0.750. The van der Waals surface area contributed by atoms with Crippen LogP contribution in [0.2, 0.25) is 0 Å². The smallest absolute Gasteiger partial charge is 0.250 e. The highest BCUT2D eigenvalue weighted by atomic mass is 35.6. The van der Waals surface area contributed by atoms with E-state index in [-0.39, 0.29) is 17.5 Å². The fourth-order valence-electron chi connectivity index (χ4n) is 2.39. The second-order valence-electron chi connectivity index (χ2n) is 5.16. The molecule has 26 heavy (non-hydrogen) atoms. The van der Waals surface area contributed by atoms with E-state index in [1.165, 1.54) is 0 Å². The maximum Gasteiger partial charge on any atom is 0.250 e. The number of ether oxygens (including phenoxy) is 1. The molecule has 0 unspecified atom stereocenters. The molecule has 0 atom stereocenters. The molecule has 0 aliphatic heterocycles. The van der Waals surface area contributed by atoms with Gasteiger partial charge in [-0.2, -0.15) is 0 Å². The molecule has 3 rings (SSSR count). The number of nitrogens with zero attached hydrogens (tertiary/aromatic N) is 3. The van der Waals surface area contributed by atoms with Crippen molar-refractivity contribution in [2.75, 3.05) is 7.11 Å². The number of hydrogen-bond acceptors (Lipinski definition) is 4. The van der Waals surface area contributed by atoms with Crippen molar-refractivity contribution < 1.29 is 4.74 Å². The molecule has 1 heterocycles. The molecule has 0 saturated heterocycles. The maximum absolute atomic E-state index is 5.93. The molecule has 10 heteroatoms. The monoisotopic (exact) mass is 469 g/mol. The molecule has 0 radical (unpaired) electrons. The molecule has 0 saturated carbocycles. The molecule has 0 aliphatic carbocycles. The standard InChI is InChI=1S/C16H9Cl6N3O/c1-26-11-7-6-10(8-4-2-3-5-9(8)11)12-23-13(15(17,18)19)25-14(24-12)16(20,21)22/h2-7H,1H3. The second kappa shape index (κ2) is 7.34. The molecule has 136 valence electrons. The number of halogens is 6. The van der Waals surface area contributed by atoms with Crippen molar-refractivity contribution in [3.8, 4) is 17.1 Å². The van der Waals surface area contributed by atoms with Crippen LogP contribution in [-0.2, 0) is 7.59 Å². The molecule has 0 fully saturated rings. The molecule has 0 spiro atoms. The van der Waals surface area contributed by atoms with Crippen LogP contribution in [0.25, 0.3) is 22.2 Å². The van der Waals surface area contributed by atoms with Gasteiger partial charge >= 0.3 is 0 Å². The number of aromatic nitrogens is 3. The zero-order valence-electron chi connectivity index (χ0n) is 13.0. The Bertz CT molecular complexity index is 936. The van der Waals surface area contributed by atoms with E-state index in [4.69, 9.17) is 74.3 Å². The third kappa shape index (κ3) is 4.06. The van der Waals surface area contributed by atoms with Crippen molar-refractivity contribution in [2.24, 2.45) is 0 Å². The van der Waals surface area contributed by atoms with Gasteiger partial charge in [0, 0.05) is 10.9 Å². The average molecular weight is 472 g/mol. The number of fused-ring (bicyclic) bond motifs is 1. The zero-order valence-corrected chi connectivity index (χ0v) is 17.5. The summed E-state index contributed by atoms with van der Waals surface area (Å²) in [4.78, 5) is 12.5. The Morgan fingerprint density at radius 1 is 0.731 bits per heavy atom. The third-order valence-electron chi connectivity index (χ3n) is 3.49. The molecule has 4 nitrogen and oxygen atoms in total. The normalized spacial score (nSPS) is 12.4. The summed E-state index contributed by atoms with van der Waals surface area (Å²) < 4.78 is 1.57. The van der Waals surface area contributed by atoms with E-state index in [1.54, 1.807) is 19.2 Å². The first-order valence-corrected chi connectivity index (χ1v) is 9.34. The first kappa shape index (κ1) is 20.0. The fraction of sp³-hybridized carbons (Fsp3) is 0.188. The van der Waals surface area contributed by atoms with Gasteiger partial charge in [-0.15, -0.1) is 0 Å². The molecule has 2 aromatic carbocycles. The minimum Gasteiger partial charge on any atom is -0.496 e. The second-order valence-corrected chi connectivity index (χ2v) is 9.73. The zero-order chi connectivity index (χ0) is 19.1. The van der Waals surface area contributed by atoms with Gasteiger partial charge in [-0.05, 0) is 17.5 Å². The predicted octanol–water partition coefficient (Wildman–Crippen LogP) is 6.35. The predicted molar refractivity (Wildman–Crippen MR) is 108 cm³/mol. The van der Waals surface area contributed by atoms with Crippen molar-refractivity contribution in [1.29, 1.82) is 0 Å². The van der Waals surface area contributed by atoms with Crippen LogP contribution in [0.5, 0.6) is 5.75 Å². The van der Waals surface area contributed by atoms with Crippen molar-refractivity contribution in [2.45, 2.75) is 7.59 Å². The minimum absolute atomic E-state index is 0.145. The fourth-order valence-corrected chi connectivity index (χ4v) is 2.90. The molecular weight excluding hydrogens is 463 g/mol. The Morgan fingerprint density at radius 3 is 1.77 bits per heavy atom. The van der Waals surface area contributed by atoms with Crippen LogP contribution in [0.15, 0.2) is 36.4 Å². The van der Waals surface area contributed by atoms with E-state index in [0.29, 0.717) is 11.3 Å². The van der Waals surface area contributed by atoms with Gasteiger partial charge < -0.3 is 4.74 Å². The van der Waals surface area contributed by atoms with Crippen molar-refractivity contribution in [3.63, 3.8) is 0 Å². The Kier molecular flexibility index (Phi) is 5.65. The maximum atomic E-state index is 5.93. The van der Waals surface area contributed by atoms with Crippen molar-refractivity contribution in [3.05, 3.63) is 48.0 Å². The van der Waals surface area contributed by atoms with Gasteiger partial charge in [0.1, 0.15) is 5.75 Å². The summed E-state index contributed by atoms with van der Waals surface area (Å²) in [5.41, 5.74) is 0.648. The van der Waals surface area contributed by atoms with Crippen LogP contribution in [0, 0.1) is 0 Å². The van der Waals surface area contributed by atoms with E-state index in [2.05, 4.69) is 15.0 Å². The van der Waals surface area contributed by atoms with E-state index in [9.17, 15) is 0 Å². The number of alkyl halides is 6. The average Bonchev–Trinajstić information content (AvgIpc) is 2.59. The van der Waals surface area contributed by atoms with Crippen LogP contribution in [0.1, 0.15) is 11.6 Å². The topological polar surface area (TPSA) is 47.9 Å². The Balaban J connectivity index is 2.32. The van der Waals surface area contributed by atoms with Crippen molar-refractivity contribution >= 4 is 80.4 Å². The van der Waals surface area contributed by atoms with Gasteiger partial charge in [0.25, 0.3) is 0 Å². The molecule has 3 aromatic rings. The highest BCUT2D eigenvalue weighted by molar-refractivity contribution is 6.67. The van der Waals surface area contributed by atoms with E-state index < -0.39 is 7.59 Å². The summed E-state index contributed by atoms with van der Waals surface area (Å²) in [6.07, 6.45) is 0. The van der Waals surface area contributed by atoms with Gasteiger partial charge in [0.05, 0.1) is 7.11 Å². The summed E-state index contributed by atoms with van der Waals surface area (Å²) in [5.74, 6) is 0.616.